The minimum absolute atomic E-state index is 0.279. The highest BCUT2D eigenvalue weighted by Gasteiger charge is 2.15. The highest BCUT2D eigenvalue weighted by molar-refractivity contribution is 5.70. The van der Waals surface area contributed by atoms with Gasteiger partial charge in [0.1, 0.15) is 0 Å². The molecule has 0 spiro atoms. The average molecular weight is 213 g/mol. The number of carboxylic acids is 1. The van der Waals surface area contributed by atoms with Gasteiger partial charge >= 0.3 is 5.97 Å². The Morgan fingerprint density at radius 3 is 2.60 bits per heavy atom. The van der Waals surface area contributed by atoms with Gasteiger partial charge in [-0.15, -0.1) is 0 Å². The molecule has 0 saturated heterocycles. The number of aromatic nitrogens is 2. The molecule has 0 amide bonds. The van der Waals surface area contributed by atoms with E-state index in [-0.39, 0.29) is 6.54 Å². The zero-order valence-electron chi connectivity index (χ0n) is 8.51. The van der Waals surface area contributed by atoms with Crippen molar-refractivity contribution in [1.82, 2.24) is 9.97 Å². The normalized spacial score (nSPS) is 12.2. The first-order chi connectivity index (χ1) is 7.00. The molecule has 0 fully saturated rings. The van der Waals surface area contributed by atoms with Crippen LogP contribution < -0.4 is 4.90 Å². The number of carbonyl (C=O) groups is 1. The molecule has 0 aromatic carbocycles. The Morgan fingerprint density at radius 2 is 2.13 bits per heavy atom. The predicted molar refractivity (Wildman–Crippen MR) is 52.1 cm³/mol. The first kappa shape index (κ1) is 11.4. The fourth-order valence-electron chi connectivity index (χ4n) is 1.07. The van der Waals surface area contributed by atoms with E-state index in [0.29, 0.717) is 5.95 Å². The molecule has 0 radical (unpaired) electrons. The largest absolute Gasteiger partial charge is 0.481 e. The third kappa shape index (κ3) is 3.16. The molecule has 1 unspecified atom stereocenters. The van der Waals surface area contributed by atoms with E-state index in [4.69, 9.17) is 5.11 Å². The number of aliphatic carboxylic acids is 1. The summed E-state index contributed by atoms with van der Waals surface area (Å²) in [6.07, 6.45) is 2.09. The summed E-state index contributed by atoms with van der Waals surface area (Å²) in [5, 5.41) is 8.69. The number of anilines is 1. The predicted octanol–water partition coefficient (Wildman–Crippen LogP) is 0.773. The number of nitrogens with zero attached hydrogens (tertiary/aromatic N) is 3. The lowest BCUT2D eigenvalue weighted by Crippen LogP contribution is -2.29. The first-order valence-electron chi connectivity index (χ1n) is 4.42. The van der Waals surface area contributed by atoms with Crippen LogP contribution in [0.5, 0.6) is 0 Å². The highest BCUT2D eigenvalue weighted by Crippen LogP contribution is 2.07. The number of hydrogen-bond donors (Lipinski definition) is 1. The summed E-state index contributed by atoms with van der Waals surface area (Å²) in [4.78, 5) is 19.6. The van der Waals surface area contributed by atoms with E-state index in [9.17, 15) is 9.18 Å². The average Bonchev–Trinajstić information content (AvgIpc) is 2.18. The molecule has 1 aromatic heterocycles. The topological polar surface area (TPSA) is 66.3 Å². The van der Waals surface area contributed by atoms with Gasteiger partial charge in [-0.1, -0.05) is 6.92 Å². The maximum atomic E-state index is 12.5. The van der Waals surface area contributed by atoms with Crippen molar-refractivity contribution in [2.75, 3.05) is 18.5 Å². The Morgan fingerprint density at radius 1 is 1.60 bits per heavy atom. The molecule has 15 heavy (non-hydrogen) atoms. The van der Waals surface area contributed by atoms with Crippen LogP contribution >= 0.6 is 0 Å². The van der Waals surface area contributed by atoms with E-state index in [0.717, 1.165) is 12.4 Å². The smallest absolute Gasteiger partial charge is 0.308 e. The first-order valence-corrected chi connectivity index (χ1v) is 4.42. The van der Waals surface area contributed by atoms with E-state index in [2.05, 4.69) is 9.97 Å². The molecule has 1 atom stereocenters. The molecule has 6 heteroatoms. The Bertz CT molecular complexity index is 342. The molecular formula is C9H12FN3O2. The van der Waals surface area contributed by atoms with Gasteiger partial charge in [0.25, 0.3) is 0 Å². The van der Waals surface area contributed by atoms with Crippen LogP contribution in [0.2, 0.25) is 0 Å². The third-order valence-corrected chi connectivity index (χ3v) is 1.92. The SMILES string of the molecule is CC(CN(C)c1ncc(F)cn1)C(=O)O. The molecule has 1 aromatic rings. The quantitative estimate of drug-likeness (QED) is 0.800. The van der Waals surface area contributed by atoms with Gasteiger partial charge in [-0.2, -0.15) is 0 Å². The minimum atomic E-state index is -0.885. The van der Waals surface area contributed by atoms with Crippen molar-refractivity contribution in [3.63, 3.8) is 0 Å². The lowest BCUT2D eigenvalue weighted by atomic mass is 10.2. The Kier molecular flexibility index (Phi) is 3.54. The van der Waals surface area contributed by atoms with E-state index in [1.165, 1.54) is 0 Å². The molecule has 0 aliphatic carbocycles. The molecule has 0 saturated carbocycles. The summed E-state index contributed by atoms with van der Waals surface area (Å²) in [5.41, 5.74) is 0. The van der Waals surface area contributed by atoms with Crippen LogP contribution in [0.1, 0.15) is 6.92 Å². The maximum absolute atomic E-state index is 12.5. The second kappa shape index (κ2) is 4.68. The second-order valence-corrected chi connectivity index (χ2v) is 3.32. The van der Waals surface area contributed by atoms with Gasteiger partial charge in [-0.3, -0.25) is 4.79 Å². The van der Waals surface area contributed by atoms with Gasteiger partial charge in [-0.25, -0.2) is 14.4 Å². The minimum Gasteiger partial charge on any atom is -0.481 e. The van der Waals surface area contributed by atoms with Gasteiger partial charge < -0.3 is 10.0 Å². The fraction of sp³-hybridized carbons (Fsp3) is 0.444. The number of carboxylic acid groups (broad SMARTS) is 1. The molecule has 1 rings (SSSR count). The summed E-state index contributed by atoms with van der Waals surface area (Å²) in [6.45, 7) is 1.86. The summed E-state index contributed by atoms with van der Waals surface area (Å²) >= 11 is 0. The van der Waals surface area contributed by atoms with Crippen molar-refractivity contribution in [1.29, 1.82) is 0 Å². The standard InChI is InChI=1S/C9H12FN3O2/c1-6(8(14)15)5-13(2)9-11-3-7(10)4-12-9/h3-4,6H,5H2,1-2H3,(H,14,15). The van der Waals surface area contributed by atoms with E-state index < -0.39 is 17.7 Å². The van der Waals surface area contributed by atoms with E-state index in [1.54, 1.807) is 18.9 Å². The van der Waals surface area contributed by atoms with Crippen molar-refractivity contribution < 1.29 is 14.3 Å². The van der Waals surface area contributed by atoms with Crippen LogP contribution in [0.3, 0.4) is 0 Å². The van der Waals surface area contributed by atoms with E-state index >= 15 is 0 Å². The van der Waals surface area contributed by atoms with Crippen LogP contribution in [0, 0.1) is 11.7 Å². The molecule has 1 N–H and O–H groups in total. The van der Waals surface area contributed by atoms with Gasteiger partial charge in [-0.05, 0) is 0 Å². The molecule has 1 heterocycles. The van der Waals surface area contributed by atoms with Gasteiger partial charge in [0, 0.05) is 13.6 Å². The molecule has 5 nitrogen and oxygen atoms in total. The fourth-order valence-corrected chi connectivity index (χ4v) is 1.07. The van der Waals surface area contributed by atoms with Crippen LogP contribution in [0.25, 0.3) is 0 Å². The number of halogens is 1. The van der Waals surface area contributed by atoms with Gasteiger partial charge in [0.2, 0.25) is 5.95 Å². The molecule has 0 bridgehead atoms. The highest BCUT2D eigenvalue weighted by atomic mass is 19.1. The Hall–Kier alpha value is -1.72. The monoisotopic (exact) mass is 213 g/mol. The van der Waals surface area contributed by atoms with Crippen molar-refractivity contribution >= 4 is 11.9 Å². The molecule has 82 valence electrons. The van der Waals surface area contributed by atoms with Crippen LogP contribution in [-0.2, 0) is 4.79 Å². The van der Waals surface area contributed by atoms with E-state index in [1.807, 2.05) is 0 Å². The Balaban J connectivity index is 2.64. The summed E-state index contributed by atoms with van der Waals surface area (Å²) < 4.78 is 12.5. The molecule has 0 aliphatic heterocycles. The lowest BCUT2D eigenvalue weighted by Gasteiger charge is -2.18. The van der Waals surface area contributed by atoms with Crippen LogP contribution in [0.15, 0.2) is 12.4 Å². The van der Waals surface area contributed by atoms with Crippen LogP contribution in [0.4, 0.5) is 10.3 Å². The zero-order chi connectivity index (χ0) is 11.4. The number of rotatable bonds is 4. The van der Waals surface area contributed by atoms with Crippen molar-refractivity contribution in [3.8, 4) is 0 Å². The van der Waals surface area contributed by atoms with Crippen LogP contribution in [-0.4, -0.2) is 34.6 Å². The third-order valence-electron chi connectivity index (χ3n) is 1.92. The summed E-state index contributed by atoms with van der Waals surface area (Å²) in [6, 6.07) is 0. The maximum Gasteiger partial charge on any atom is 0.308 e. The van der Waals surface area contributed by atoms with Gasteiger partial charge in [0.05, 0.1) is 18.3 Å². The van der Waals surface area contributed by atoms with Crippen molar-refractivity contribution in [2.45, 2.75) is 6.92 Å². The summed E-state index contributed by atoms with van der Waals surface area (Å²) in [5.74, 6) is -1.62. The summed E-state index contributed by atoms with van der Waals surface area (Å²) in [7, 11) is 1.66. The number of hydrogen-bond acceptors (Lipinski definition) is 4. The molecular weight excluding hydrogens is 201 g/mol. The molecule has 0 aliphatic rings. The van der Waals surface area contributed by atoms with Gasteiger partial charge in [0.15, 0.2) is 5.82 Å². The second-order valence-electron chi connectivity index (χ2n) is 3.32. The Labute approximate surface area is 86.6 Å². The van der Waals surface area contributed by atoms with Crippen molar-refractivity contribution in [3.05, 3.63) is 18.2 Å². The zero-order valence-corrected chi connectivity index (χ0v) is 8.51. The lowest BCUT2D eigenvalue weighted by molar-refractivity contribution is -0.140. The van der Waals surface area contributed by atoms with Crippen molar-refractivity contribution in [2.24, 2.45) is 5.92 Å².